The number of unbranched alkanes of at least 4 members (excludes halogenated alkanes) is 1. The van der Waals surface area contributed by atoms with Gasteiger partial charge in [-0.05, 0) is 43.5 Å². The van der Waals surface area contributed by atoms with Crippen molar-refractivity contribution < 1.29 is 0 Å². The minimum absolute atomic E-state index is 0.139. The predicted molar refractivity (Wildman–Crippen MR) is 65.2 cm³/mol. The van der Waals surface area contributed by atoms with Crippen molar-refractivity contribution in [2.75, 3.05) is 6.54 Å². The summed E-state index contributed by atoms with van der Waals surface area (Å²) in [6, 6.07) is 10.2. The van der Waals surface area contributed by atoms with Crippen molar-refractivity contribution in [1.29, 1.82) is 5.26 Å². The molecule has 0 atom stereocenters. The third kappa shape index (κ3) is 2.55. The van der Waals surface area contributed by atoms with Crippen LogP contribution in [0.5, 0.6) is 0 Å². The number of nitriles is 1. The lowest BCUT2D eigenvalue weighted by Gasteiger charge is -2.17. The largest absolute Gasteiger partial charge is 0.307 e. The normalized spacial score (nSPS) is 16.8. The fraction of sp³-hybridized carbons (Fsp3) is 0.462. The molecule has 1 aliphatic rings. The maximum atomic E-state index is 8.47. The summed E-state index contributed by atoms with van der Waals surface area (Å²) in [6.07, 6.45) is 3.87. The Labute approximate surface area is 101 Å². The molecule has 1 aliphatic carbocycles. The first-order valence-electron chi connectivity index (χ1n) is 5.65. The molecule has 0 aromatic heterocycles. The van der Waals surface area contributed by atoms with Crippen LogP contribution in [0.15, 0.2) is 24.3 Å². The van der Waals surface area contributed by atoms with Crippen molar-refractivity contribution in [2.45, 2.75) is 31.2 Å². The van der Waals surface area contributed by atoms with Crippen LogP contribution in [0, 0.1) is 11.3 Å². The van der Waals surface area contributed by atoms with Crippen molar-refractivity contribution in [3.63, 3.8) is 0 Å². The summed E-state index contributed by atoms with van der Waals surface area (Å²) in [4.78, 5) is 0. The van der Waals surface area contributed by atoms with Gasteiger partial charge in [-0.2, -0.15) is 5.26 Å². The van der Waals surface area contributed by atoms with Gasteiger partial charge in [-0.15, -0.1) is 0 Å². The van der Waals surface area contributed by atoms with E-state index in [1.165, 1.54) is 18.4 Å². The Balaban J connectivity index is 1.95. The molecule has 1 aromatic rings. The lowest BCUT2D eigenvalue weighted by molar-refractivity contribution is 0.512. The summed E-state index contributed by atoms with van der Waals surface area (Å²) in [7, 11) is 0. The van der Waals surface area contributed by atoms with Crippen LogP contribution in [0.25, 0.3) is 0 Å². The molecule has 0 heterocycles. The van der Waals surface area contributed by atoms with Gasteiger partial charge in [0.25, 0.3) is 0 Å². The number of hydrogen-bond donors (Lipinski definition) is 1. The van der Waals surface area contributed by atoms with Gasteiger partial charge in [-0.3, -0.25) is 0 Å². The van der Waals surface area contributed by atoms with E-state index >= 15 is 0 Å². The first kappa shape index (κ1) is 11.4. The van der Waals surface area contributed by atoms with Crippen LogP contribution in [-0.4, -0.2) is 6.54 Å². The Morgan fingerprint density at radius 3 is 2.88 bits per heavy atom. The zero-order valence-electron chi connectivity index (χ0n) is 9.17. The number of rotatable bonds is 5. The summed E-state index contributed by atoms with van der Waals surface area (Å²) >= 11 is 5.99. The topological polar surface area (TPSA) is 35.8 Å². The van der Waals surface area contributed by atoms with E-state index in [1.54, 1.807) is 0 Å². The summed E-state index contributed by atoms with van der Waals surface area (Å²) in [5.41, 5.74) is 1.41. The number of halogens is 1. The van der Waals surface area contributed by atoms with Crippen molar-refractivity contribution in [3.8, 4) is 6.07 Å². The molecule has 1 fully saturated rings. The second kappa shape index (κ2) is 4.86. The van der Waals surface area contributed by atoms with Crippen molar-refractivity contribution in [2.24, 2.45) is 0 Å². The molecule has 84 valence electrons. The van der Waals surface area contributed by atoms with Gasteiger partial charge in [0, 0.05) is 17.0 Å². The highest BCUT2D eigenvalue weighted by Crippen LogP contribution is 2.45. The maximum absolute atomic E-state index is 8.47. The average molecular weight is 235 g/mol. The highest BCUT2D eigenvalue weighted by Gasteiger charge is 2.43. The SMILES string of the molecule is N#CCCCNC1(c2cccc(Cl)c2)CC1. The second-order valence-electron chi connectivity index (χ2n) is 4.28. The van der Waals surface area contributed by atoms with E-state index in [4.69, 9.17) is 16.9 Å². The molecule has 0 bridgehead atoms. The lowest BCUT2D eigenvalue weighted by Crippen LogP contribution is -2.29. The van der Waals surface area contributed by atoms with E-state index in [0.717, 1.165) is 18.0 Å². The molecule has 3 heteroatoms. The Bertz CT molecular complexity index is 405. The fourth-order valence-corrected chi connectivity index (χ4v) is 2.16. The molecule has 1 aromatic carbocycles. The summed E-state index contributed by atoms with van der Waals surface area (Å²) in [6.45, 7) is 0.903. The third-order valence-electron chi connectivity index (χ3n) is 3.06. The molecular formula is C13H15ClN2. The summed E-state index contributed by atoms with van der Waals surface area (Å²) in [5, 5.41) is 12.8. The minimum atomic E-state index is 0.139. The van der Waals surface area contributed by atoms with Crippen LogP contribution in [0.3, 0.4) is 0 Å². The first-order chi connectivity index (χ1) is 7.77. The van der Waals surface area contributed by atoms with Crippen LogP contribution < -0.4 is 5.32 Å². The highest BCUT2D eigenvalue weighted by molar-refractivity contribution is 6.30. The second-order valence-corrected chi connectivity index (χ2v) is 4.72. The van der Waals surface area contributed by atoms with Gasteiger partial charge in [-0.1, -0.05) is 23.7 Å². The van der Waals surface area contributed by atoms with E-state index < -0.39 is 0 Å². The zero-order chi connectivity index (χ0) is 11.4. The van der Waals surface area contributed by atoms with Crippen molar-refractivity contribution in [3.05, 3.63) is 34.9 Å². The molecule has 0 amide bonds. The van der Waals surface area contributed by atoms with E-state index in [1.807, 2.05) is 18.2 Å². The van der Waals surface area contributed by atoms with Crippen LogP contribution >= 0.6 is 11.6 Å². The molecule has 1 N–H and O–H groups in total. The van der Waals surface area contributed by atoms with Crippen molar-refractivity contribution >= 4 is 11.6 Å². The van der Waals surface area contributed by atoms with Gasteiger partial charge < -0.3 is 5.32 Å². The Kier molecular flexibility index (Phi) is 3.48. The Hall–Kier alpha value is -1.04. The molecular weight excluding hydrogens is 220 g/mol. The van der Waals surface area contributed by atoms with Gasteiger partial charge in [0.1, 0.15) is 0 Å². The molecule has 0 aliphatic heterocycles. The quantitative estimate of drug-likeness (QED) is 0.794. The average Bonchev–Trinajstić information content (AvgIpc) is 3.06. The van der Waals surface area contributed by atoms with Crippen molar-refractivity contribution in [1.82, 2.24) is 5.32 Å². The van der Waals surface area contributed by atoms with Crippen LogP contribution in [0.4, 0.5) is 0 Å². The monoisotopic (exact) mass is 234 g/mol. The molecule has 1 saturated carbocycles. The summed E-state index contributed by atoms with van der Waals surface area (Å²) < 4.78 is 0. The van der Waals surface area contributed by atoms with E-state index in [9.17, 15) is 0 Å². The van der Waals surface area contributed by atoms with Crippen LogP contribution in [-0.2, 0) is 5.54 Å². The Morgan fingerprint density at radius 2 is 2.25 bits per heavy atom. The minimum Gasteiger partial charge on any atom is -0.307 e. The fourth-order valence-electron chi connectivity index (χ4n) is 1.97. The lowest BCUT2D eigenvalue weighted by atomic mass is 10.0. The molecule has 0 unspecified atom stereocenters. The number of nitrogens with one attached hydrogen (secondary N) is 1. The Morgan fingerprint density at radius 1 is 1.44 bits per heavy atom. The third-order valence-corrected chi connectivity index (χ3v) is 3.29. The molecule has 16 heavy (non-hydrogen) atoms. The van der Waals surface area contributed by atoms with Gasteiger partial charge >= 0.3 is 0 Å². The molecule has 2 rings (SSSR count). The standard InChI is InChI=1S/C13H15ClN2/c14-12-5-3-4-11(10-12)13(6-7-13)16-9-2-1-8-15/h3-5,10,16H,1-2,6-7,9H2. The van der Waals surface area contributed by atoms with Gasteiger partial charge in [0.15, 0.2) is 0 Å². The van der Waals surface area contributed by atoms with E-state index in [0.29, 0.717) is 6.42 Å². The first-order valence-corrected chi connectivity index (χ1v) is 6.03. The highest BCUT2D eigenvalue weighted by atomic mass is 35.5. The van der Waals surface area contributed by atoms with Crippen LogP contribution in [0.2, 0.25) is 5.02 Å². The molecule has 2 nitrogen and oxygen atoms in total. The number of benzene rings is 1. The van der Waals surface area contributed by atoms with Gasteiger partial charge in [0.05, 0.1) is 6.07 Å². The molecule has 0 spiro atoms. The van der Waals surface area contributed by atoms with E-state index in [2.05, 4.69) is 17.5 Å². The van der Waals surface area contributed by atoms with Gasteiger partial charge in [0.2, 0.25) is 0 Å². The maximum Gasteiger partial charge on any atom is 0.0622 e. The van der Waals surface area contributed by atoms with E-state index in [-0.39, 0.29) is 5.54 Å². The van der Waals surface area contributed by atoms with Crippen LogP contribution in [0.1, 0.15) is 31.2 Å². The number of nitrogens with zero attached hydrogens (tertiary/aromatic N) is 1. The van der Waals surface area contributed by atoms with Gasteiger partial charge in [-0.25, -0.2) is 0 Å². The molecule has 0 radical (unpaired) electrons. The number of hydrogen-bond acceptors (Lipinski definition) is 2. The smallest absolute Gasteiger partial charge is 0.0622 e. The predicted octanol–water partition coefficient (Wildman–Crippen LogP) is 3.22. The summed E-state index contributed by atoms with van der Waals surface area (Å²) in [5.74, 6) is 0. The zero-order valence-corrected chi connectivity index (χ0v) is 9.93. The molecule has 0 saturated heterocycles.